The van der Waals surface area contributed by atoms with Crippen molar-refractivity contribution < 1.29 is 4.79 Å². The number of carbonyl (C=O) groups is 1. The molecular weight excluding hydrogens is 342 g/mol. The van der Waals surface area contributed by atoms with Crippen LogP contribution in [-0.4, -0.2) is 55.5 Å². The van der Waals surface area contributed by atoms with Crippen molar-refractivity contribution in [3.63, 3.8) is 0 Å². The van der Waals surface area contributed by atoms with Crippen molar-refractivity contribution in [2.45, 2.75) is 6.54 Å². The lowest BCUT2D eigenvalue weighted by Gasteiger charge is -2.36. The lowest BCUT2D eigenvalue weighted by molar-refractivity contribution is -0.131. The molecule has 6 heteroatoms. The summed E-state index contributed by atoms with van der Waals surface area (Å²) in [6.45, 7) is 4.81. The number of hydrogen-bond donors (Lipinski definition) is 0. The first-order chi connectivity index (χ1) is 11.6. The van der Waals surface area contributed by atoms with Crippen LogP contribution in [0.15, 0.2) is 41.8 Å². The van der Waals surface area contributed by atoms with Crippen molar-refractivity contribution in [3.05, 3.63) is 51.7 Å². The van der Waals surface area contributed by atoms with Crippen LogP contribution in [0.5, 0.6) is 0 Å². The molecule has 1 aliphatic heterocycles. The number of thiophene rings is 1. The number of piperazine rings is 1. The zero-order valence-electron chi connectivity index (χ0n) is 13.8. The summed E-state index contributed by atoms with van der Waals surface area (Å²) in [6, 6.07) is 12.0. The molecule has 0 unspecified atom stereocenters. The average Bonchev–Trinajstić information content (AvgIpc) is 3.08. The van der Waals surface area contributed by atoms with Crippen LogP contribution in [0.3, 0.4) is 0 Å². The predicted molar refractivity (Wildman–Crippen MR) is 101 cm³/mol. The molecule has 4 nitrogen and oxygen atoms in total. The number of halogens is 1. The smallest absolute Gasteiger partial charge is 0.236 e. The molecule has 1 aliphatic rings. The van der Waals surface area contributed by atoms with Gasteiger partial charge in [-0.2, -0.15) is 0 Å². The van der Waals surface area contributed by atoms with Crippen LogP contribution >= 0.6 is 22.9 Å². The molecule has 0 radical (unpaired) electrons. The van der Waals surface area contributed by atoms with Gasteiger partial charge in [-0.3, -0.25) is 9.69 Å². The lowest BCUT2D eigenvalue weighted by atomic mass is 10.2. The summed E-state index contributed by atoms with van der Waals surface area (Å²) >= 11 is 7.76. The molecule has 0 N–H and O–H groups in total. The van der Waals surface area contributed by atoms with E-state index in [2.05, 4.69) is 21.9 Å². The fraction of sp³-hybridized carbons (Fsp3) is 0.389. The molecule has 1 amide bonds. The zero-order valence-corrected chi connectivity index (χ0v) is 15.4. The third kappa shape index (κ3) is 4.50. The Labute approximate surface area is 152 Å². The molecule has 0 saturated carbocycles. The molecule has 2 aromatic rings. The Hall–Kier alpha value is -1.56. The second-order valence-electron chi connectivity index (χ2n) is 6.07. The highest BCUT2D eigenvalue weighted by molar-refractivity contribution is 7.09. The number of likely N-dealkylation sites (N-methyl/N-ethyl adjacent to an activating group) is 1. The van der Waals surface area contributed by atoms with Crippen LogP contribution in [0.2, 0.25) is 5.02 Å². The van der Waals surface area contributed by atoms with Crippen LogP contribution in [0.25, 0.3) is 0 Å². The third-order valence-electron chi connectivity index (χ3n) is 4.30. The van der Waals surface area contributed by atoms with Crippen molar-refractivity contribution >= 4 is 34.5 Å². The summed E-state index contributed by atoms with van der Waals surface area (Å²) in [4.78, 5) is 20.0. The molecule has 2 heterocycles. The number of carbonyl (C=O) groups excluding carboxylic acids is 1. The second kappa shape index (κ2) is 8.01. The van der Waals surface area contributed by atoms with Gasteiger partial charge in [-0.05, 0) is 29.6 Å². The molecule has 1 fully saturated rings. The van der Waals surface area contributed by atoms with Gasteiger partial charge in [0, 0.05) is 48.8 Å². The van der Waals surface area contributed by atoms with Gasteiger partial charge in [0.1, 0.15) is 0 Å². The summed E-state index contributed by atoms with van der Waals surface area (Å²) in [7, 11) is 1.88. The predicted octanol–water partition coefficient (Wildman–Crippen LogP) is 3.18. The average molecular weight is 364 g/mol. The van der Waals surface area contributed by atoms with Crippen LogP contribution in [0.1, 0.15) is 4.88 Å². The van der Waals surface area contributed by atoms with Crippen LogP contribution in [0.4, 0.5) is 5.69 Å². The van der Waals surface area contributed by atoms with Gasteiger partial charge in [-0.1, -0.05) is 23.7 Å². The summed E-state index contributed by atoms with van der Waals surface area (Å²) < 4.78 is 0. The van der Waals surface area contributed by atoms with E-state index in [-0.39, 0.29) is 5.91 Å². The molecule has 0 spiro atoms. The van der Waals surface area contributed by atoms with E-state index in [1.165, 1.54) is 4.88 Å². The Morgan fingerprint density at radius 3 is 2.67 bits per heavy atom. The summed E-state index contributed by atoms with van der Waals surface area (Å²) in [6.07, 6.45) is 0. The van der Waals surface area contributed by atoms with Crippen LogP contribution in [0, 0.1) is 0 Å². The maximum atomic E-state index is 12.4. The van der Waals surface area contributed by atoms with Gasteiger partial charge >= 0.3 is 0 Å². The van der Waals surface area contributed by atoms with E-state index in [0.717, 1.165) is 36.9 Å². The number of nitrogens with zero attached hydrogens (tertiary/aromatic N) is 3. The number of hydrogen-bond acceptors (Lipinski definition) is 4. The first-order valence-electron chi connectivity index (χ1n) is 8.11. The monoisotopic (exact) mass is 363 g/mol. The maximum Gasteiger partial charge on any atom is 0.236 e. The largest absolute Gasteiger partial charge is 0.369 e. The highest BCUT2D eigenvalue weighted by Crippen LogP contribution is 2.20. The normalized spacial score (nSPS) is 15.5. The molecule has 1 aromatic carbocycles. The van der Waals surface area contributed by atoms with Gasteiger partial charge in [-0.15, -0.1) is 11.3 Å². The summed E-state index contributed by atoms with van der Waals surface area (Å²) in [5, 5.41) is 2.81. The number of amides is 1. The minimum Gasteiger partial charge on any atom is -0.369 e. The summed E-state index contributed by atoms with van der Waals surface area (Å²) in [5.41, 5.74) is 1.16. The van der Waals surface area contributed by atoms with E-state index in [9.17, 15) is 4.79 Å². The Bertz CT molecular complexity index is 669. The third-order valence-corrected chi connectivity index (χ3v) is 5.40. The van der Waals surface area contributed by atoms with E-state index < -0.39 is 0 Å². The molecule has 0 bridgehead atoms. The standard InChI is InChI=1S/C18H22ClN3OS/c1-20(13-17-6-3-11-24-17)18(23)14-21-7-9-22(10-8-21)16-5-2-4-15(19)12-16/h2-6,11-12H,7-10,13-14H2,1H3. The molecule has 24 heavy (non-hydrogen) atoms. The fourth-order valence-electron chi connectivity index (χ4n) is 2.87. The highest BCUT2D eigenvalue weighted by atomic mass is 35.5. The van der Waals surface area contributed by atoms with Crippen LogP contribution in [-0.2, 0) is 11.3 Å². The Balaban J connectivity index is 1.47. The molecule has 0 atom stereocenters. The molecule has 0 aliphatic carbocycles. The number of rotatable bonds is 5. The van der Waals surface area contributed by atoms with Crippen molar-refractivity contribution in [3.8, 4) is 0 Å². The van der Waals surface area contributed by atoms with E-state index in [1.54, 1.807) is 11.3 Å². The molecular formula is C18H22ClN3OS. The Morgan fingerprint density at radius 1 is 1.21 bits per heavy atom. The number of benzene rings is 1. The van der Waals surface area contributed by atoms with E-state index in [1.807, 2.05) is 41.6 Å². The van der Waals surface area contributed by atoms with Gasteiger partial charge in [0.25, 0.3) is 0 Å². The summed E-state index contributed by atoms with van der Waals surface area (Å²) in [5.74, 6) is 0.180. The SMILES string of the molecule is CN(Cc1cccs1)C(=O)CN1CCN(c2cccc(Cl)c2)CC1. The maximum absolute atomic E-state index is 12.4. The molecule has 1 saturated heterocycles. The minimum absolute atomic E-state index is 0.180. The first kappa shape index (κ1) is 17.3. The van der Waals surface area contributed by atoms with Crippen molar-refractivity contribution in [2.75, 3.05) is 44.7 Å². The quantitative estimate of drug-likeness (QED) is 0.816. The van der Waals surface area contributed by atoms with Gasteiger partial charge < -0.3 is 9.80 Å². The van der Waals surface area contributed by atoms with Crippen molar-refractivity contribution in [1.29, 1.82) is 0 Å². The van der Waals surface area contributed by atoms with Gasteiger partial charge in [0.05, 0.1) is 13.1 Å². The minimum atomic E-state index is 0.180. The second-order valence-corrected chi connectivity index (χ2v) is 7.54. The zero-order chi connectivity index (χ0) is 16.9. The fourth-order valence-corrected chi connectivity index (χ4v) is 3.82. The topological polar surface area (TPSA) is 26.8 Å². The Morgan fingerprint density at radius 2 is 2.00 bits per heavy atom. The van der Waals surface area contributed by atoms with E-state index in [0.29, 0.717) is 13.1 Å². The van der Waals surface area contributed by atoms with E-state index >= 15 is 0 Å². The molecule has 1 aromatic heterocycles. The molecule has 3 rings (SSSR count). The van der Waals surface area contributed by atoms with Gasteiger partial charge in [0.2, 0.25) is 5.91 Å². The lowest BCUT2D eigenvalue weighted by Crippen LogP contribution is -2.49. The first-order valence-corrected chi connectivity index (χ1v) is 9.37. The van der Waals surface area contributed by atoms with Gasteiger partial charge in [-0.25, -0.2) is 0 Å². The van der Waals surface area contributed by atoms with Crippen molar-refractivity contribution in [2.24, 2.45) is 0 Å². The van der Waals surface area contributed by atoms with Gasteiger partial charge in [0.15, 0.2) is 0 Å². The highest BCUT2D eigenvalue weighted by Gasteiger charge is 2.21. The molecule has 128 valence electrons. The van der Waals surface area contributed by atoms with Crippen molar-refractivity contribution in [1.82, 2.24) is 9.80 Å². The Kier molecular flexibility index (Phi) is 5.76. The number of anilines is 1. The van der Waals surface area contributed by atoms with E-state index in [4.69, 9.17) is 11.6 Å². The van der Waals surface area contributed by atoms with Crippen LogP contribution < -0.4 is 4.90 Å².